The lowest BCUT2D eigenvalue weighted by atomic mass is 10.2. The molecule has 0 aliphatic carbocycles. The molecule has 1 aliphatic rings. The van der Waals surface area contributed by atoms with E-state index in [2.05, 4.69) is 10.3 Å². The molecule has 7 heteroatoms. The van der Waals surface area contributed by atoms with Crippen LogP contribution in [0.1, 0.15) is 25.3 Å². The van der Waals surface area contributed by atoms with Crippen molar-refractivity contribution in [1.29, 1.82) is 0 Å². The molecule has 30 heavy (non-hydrogen) atoms. The van der Waals surface area contributed by atoms with Crippen molar-refractivity contribution < 1.29 is 14.3 Å². The molecule has 0 saturated carbocycles. The summed E-state index contributed by atoms with van der Waals surface area (Å²) in [4.78, 5) is 31.9. The molecule has 0 unspecified atom stereocenters. The van der Waals surface area contributed by atoms with E-state index in [1.807, 2.05) is 68.4 Å². The number of amides is 2. The normalized spacial score (nSPS) is 17.5. The third-order valence-electron chi connectivity index (χ3n) is 4.58. The Morgan fingerprint density at radius 1 is 1.17 bits per heavy atom. The fourth-order valence-electron chi connectivity index (χ4n) is 3.03. The number of aliphatic imine (C=N–C) groups is 1. The Bertz CT molecular complexity index is 884. The third-order valence-corrected chi connectivity index (χ3v) is 5.76. The second-order valence-corrected chi connectivity index (χ2v) is 8.16. The van der Waals surface area contributed by atoms with E-state index in [-0.39, 0.29) is 18.2 Å². The average molecular weight is 426 g/mol. The van der Waals surface area contributed by atoms with Crippen LogP contribution in [-0.2, 0) is 14.3 Å². The van der Waals surface area contributed by atoms with Crippen LogP contribution < -0.4 is 5.32 Å². The molecule has 0 bridgehead atoms. The largest absolute Gasteiger partial charge is 0.382 e. The second-order valence-electron chi connectivity index (χ2n) is 7.00. The molecule has 1 heterocycles. The third kappa shape index (κ3) is 6.18. The van der Waals surface area contributed by atoms with E-state index >= 15 is 0 Å². The highest BCUT2D eigenvalue weighted by Crippen LogP contribution is 2.32. The molecule has 1 saturated heterocycles. The SMILES string of the molecule is CCOCCCN1C(=O)[C@@H](CC(=O)Nc2ccc(C)cc2)SC1=Nc1ccccc1. The maximum absolute atomic E-state index is 13.0. The Kier molecular flexibility index (Phi) is 8.04. The van der Waals surface area contributed by atoms with Crippen molar-refractivity contribution >= 4 is 40.1 Å². The lowest BCUT2D eigenvalue weighted by Crippen LogP contribution is -2.34. The van der Waals surface area contributed by atoms with E-state index in [4.69, 9.17) is 4.74 Å². The molecule has 0 spiro atoms. The molecule has 6 nitrogen and oxygen atoms in total. The van der Waals surface area contributed by atoms with E-state index in [1.165, 1.54) is 11.8 Å². The number of carbonyl (C=O) groups is 2. The van der Waals surface area contributed by atoms with Crippen LogP contribution in [0.5, 0.6) is 0 Å². The minimum Gasteiger partial charge on any atom is -0.382 e. The number of thioether (sulfide) groups is 1. The Morgan fingerprint density at radius 3 is 2.60 bits per heavy atom. The Morgan fingerprint density at radius 2 is 1.90 bits per heavy atom. The smallest absolute Gasteiger partial charge is 0.242 e. The number of carbonyl (C=O) groups excluding carboxylic acids is 2. The summed E-state index contributed by atoms with van der Waals surface area (Å²) < 4.78 is 5.40. The summed E-state index contributed by atoms with van der Waals surface area (Å²) in [6.45, 7) is 5.69. The quantitative estimate of drug-likeness (QED) is 0.605. The standard InChI is InChI=1S/C23H27N3O3S/c1-3-29-15-7-14-26-22(28)20(30-23(26)25-18-8-5-4-6-9-18)16-21(27)24-19-12-10-17(2)11-13-19/h4-6,8-13,20H,3,7,14-16H2,1-2H3,(H,24,27)/t20-/m1/s1. The van der Waals surface area contributed by atoms with Crippen LogP contribution in [0.3, 0.4) is 0 Å². The van der Waals surface area contributed by atoms with E-state index < -0.39 is 5.25 Å². The minimum absolute atomic E-state index is 0.0785. The van der Waals surface area contributed by atoms with Gasteiger partial charge in [0, 0.05) is 31.9 Å². The van der Waals surface area contributed by atoms with Gasteiger partial charge in [-0.3, -0.25) is 14.5 Å². The number of amidine groups is 1. The van der Waals surface area contributed by atoms with Gasteiger partial charge in [-0.2, -0.15) is 0 Å². The van der Waals surface area contributed by atoms with Gasteiger partial charge in [-0.25, -0.2) is 4.99 Å². The van der Waals surface area contributed by atoms with Crippen molar-refractivity contribution in [2.75, 3.05) is 25.1 Å². The van der Waals surface area contributed by atoms with Gasteiger partial charge in [0.25, 0.3) is 0 Å². The van der Waals surface area contributed by atoms with Gasteiger partial charge < -0.3 is 10.1 Å². The van der Waals surface area contributed by atoms with Gasteiger partial charge in [0.1, 0.15) is 5.25 Å². The number of nitrogens with one attached hydrogen (secondary N) is 1. The molecular formula is C23H27N3O3S. The molecule has 2 amide bonds. The zero-order valence-corrected chi connectivity index (χ0v) is 18.2. The molecule has 1 atom stereocenters. The van der Waals surface area contributed by atoms with Gasteiger partial charge in [-0.1, -0.05) is 47.7 Å². The Hall–Kier alpha value is -2.64. The molecule has 1 fully saturated rings. The van der Waals surface area contributed by atoms with E-state index in [0.29, 0.717) is 24.9 Å². The summed E-state index contributed by atoms with van der Waals surface area (Å²) in [5.74, 6) is -0.259. The highest BCUT2D eigenvalue weighted by atomic mass is 32.2. The number of benzene rings is 2. The fraction of sp³-hybridized carbons (Fsp3) is 0.348. The van der Waals surface area contributed by atoms with Gasteiger partial charge in [0.15, 0.2) is 5.17 Å². The summed E-state index contributed by atoms with van der Waals surface area (Å²) >= 11 is 1.35. The highest BCUT2D eigenvalue weighted by molar-refractivity contribution is 8.15. The molecule has 0 aromatic heterocycles. The predicted molar refractivity (Wildman–Crippen MR) is 122 cm³/mol. The van der Waals surface area contributed by atoms with Crippen LogP contribution in [0.2, 0.25) is 0 Å². The number of hydrogen-bond donors (Lipinski definition) is 1. The summed E-state index contributed by atoms with van der Waals surface area (Å²) in [6.07, 6.45) is 0.823. The van der Waals surface area contributed by atoms with Gasteiger partial charge in [0.2, 0.25) is 11.8 Å². The number of rotatable bonds is 9. The molecule has 2 aromatic rings. The number of ether oxygens (including phenoxy) is 1. The van der Waals surface area contributed by atoms with Crippen molar-refractivity contribution in [3.05, 3.63) is 60.2 Å². The van der Waals surface area contributed by atoms with E-state index in [0.717, 1.165) is 23.4 Å². The number of para-hydroxylation sites is 1. The van der Waals surface area contributed by atoms with Crippen LogP contribution in [0.25, 0.3) is 0 Å². The topological polar surface area (TPSA) is 71.0 Å². The molecular weight excluding hydrogens is 398 g/mol. The lowest BCUT2D eigenvalue weighted by molar-refractivity contribution is -0.128. The van der Waals surface area contributed by atoms with Crippen molar-refractivity contribution in [2.24, 2.45) is 4.99 Å². The second kappa shape index (κ2) is 10.9. The lowest BCUT2D eigenvalue weighted by Gasteiger charge is -2.16. The van der Waals surface area contributed by atoms with Crippen LogP contribution in [0.4, 0.5) is 11.4 Å². The van der Waals surface area contributed by atoms with Crippen LogP contribution in [0.15, 0.2) is 59.6 Å². The average Bonchev–Trinajstić information content (AvgIpc) is 3.02. The van der Waals surface area contributed by atoms with Gasteiger partial charge in [-0.05, 0) is 44.5 Å². The summed E-state index contributed by atoms with van der Waals surface area (Å²) in [5, 5.41) is 3.03. The number of aryl methyl sites for hydroxylation is 1. The van der Waals surface area contributed by atoms with Crippen molar-refractivity contribution in [3.63, 3.8) is 0 Å². The zero-order valence-electron chi connectivity index (χ0n) is 17.3. The van der Waals surface area contributed by atoms with Gasteiger partial charge >= 0.3 is 0 Å². The van der Waals surface area contributed by atoms with Gasteiger partial charge in [0.05, 0.1) is 5.69 Å². The first-order valence-corrected chi connectivity index (χ1v) is 11.0. The molecule has 1 N–H and O–H groups in total. The van der Waals surface area contributed by atoms with E-state index in [1.54, 1.807) is 4.90 Å². The first kappa shape index (κ1) is 22.1. The number of hydrogen-bond acceptors (Lipinski definition) is 5. The summed E-state index contributed by atoms with van der Waals surface area (Å²) in [7, 11) is 0. The van der Waals surface area contributed by atoms with Crippen LogP contribution in [0, 0.1) is 6.92 Å². The van der Waals surface area contributed by atoms with Crippen molar-refractivity contribution in [2.45, 2.75) is 31.9 Å². The van der Waals surface area contributed by atoms with E-state index in [9.17, 15) is 9.59 Å². The van der Waals surface area contributed by atoms with Crippen LogP contribution in [-0.4, -0.2) is 46.9 Å². The number of anilines is 1. The molecule has 3 rings (SSSR count). The summed E-state index contributed by atoms with van der Waals surface area (Å²) in [5.41, 5.74) is 2.64. The first-order valence-electron chi connectivity index (χ1n) is 10.1. The zero-order chi connectivity index (χ0) is 21.3. The minimum atomic E-state index is -0.481. The molecule has 1 aliphatic heterocycles. The van der Waals surface area contributed by atoms with Crippen LogP contribution >= 0.6 is 11.8 Å². The number of nitrogens with zero attached hydrogens (tertiary/aromatic N) is 2. The predicted octanol–water partition coefficient (Wildman–Crippen LogP) is 4.38. The monoisotopic (exact) mass is 425 g/mol. The summed E-state index contributed by atoms with van der Waals surface area (Å²) in [6, 6.07) is 17.1. The van der Waals surface area contributed by atoms with Crippen molar-refractivity contribution in [1.82, 2.24) is 4.90 Å². The first-order chi connectivity index (χ1) is 14.6. The Labute approximate surface area is 181 Å². The Balaban J connectivity index is 1.68. The highest BCUT2D eigenvalue weighted by Gasteiger charge is 2.38. The van der Waals surface area contributed by atoms with Crippen molar-refractivity contribution in [3.8, 4) is 0 Å². The van der Waals surface area contributed by atoms with Gasteiger partial charge in [-0.15, -0.1) is 0 Å². The maximum Gasteiger partial charge on any atom is 0.242 e. The molecule has 158 valence electrons. The molecule has 0 radical (unpaired) electrons. The molecule has 2 aromatic carbocycles. The maximum atomic E-state index is 13.0. The fourth-order valence-corrected chi connectivity index (χ4v) is 4.21.